The monoisotopic (exact) mass is 1710 g/mol. The van der Waals surface area contributed by atoms with Crippen LogP contribution in [0.15, 0.2) is 199 Å². The van der Waals surface area contributed by atoms with E-state index in [1.54, 1.807) is 34.0 Å². The molecule has 6 N–H and O–H groups in total. The molecule has 0 saturated heterocycles. The first-order valence-electron chi connectivity index (χ1n) is 36.1. The predicted molar refractivity (Wildman–Crippen MR) is 395 cm³/mol. The Labute approximate surface area is 675 Å². The number of hydrogen-bond acceptors (Lipinski definition) is 21. The number of nitrogens with two attached hydrogens (primary N) is 1. The summed E-state index contributed by atoms with van der Waals surface area (Å²) in [5.74, 6) is -1.10. The molecule has 0 saturated carbocycles. The number of Topliss-reactive ketones (excluding diaryl/α,β-unsaturated/α-hetero) is 1. The van der Waals surface area contributed by atoms with Crippen LogP contribution in [0.1, 0.15) is 166 Å². The van der Waals surface area contributed by atoms with Gasteiger partial charge in [0.15, 0.2) is 28.7 Å². The summed E-state index contributed by atoms with van der Waals surface area (Å²) in [5.41, 5.74) is 10.7. The van der Waals surface area contributed by atoms with Crippen molar-refractivity contribution in [3.05, 3.63) is 305 Å². The van der Waals surface area contributed by atoms with Gasteiger partial charge in [0.1, 0.15) is 30.0 Å². The van der Waals surface area contributed by atoms with E-state index in [0.717, 1.165) is 89.6 Å². The van der Waals surface area contributed by atoms with Crippen LogP contribution in [0.5, 0.6) is 0 Å². The topological polar surface area (TPSA) is 402 Å². The number of nitro groups is 2. The third-order valence-electron chi connectivity index (χ3n) is 19.5. The van der Waals surface area contributed by atoms with E-state index in [2.05, 4.69) is 61.1 Å². The molecule has 4 unspecified atom stereocenters. The maximum atomic E-state index is 13.0. The lowest BCUT2D eigenvalue weighted by molar-refractivity contribution is -0.385. The summed E-state index contributed by atoms with van der Waals surface area (Å²) in [4.78, 5) is 69.3. The van der Waals surface area contributed by atoms with Crippen molar-refractivity contribution in [3.63, 3.8) is 0 Å². The normalized spacial score (nSPS) is 16.0. The molecule has 4 atom stereocenters. The molecular weight excluding hydrogens is 1650 g/mol. The van der Waals surface area contributed by atoms with Gasteiger partial charge in [-0.25, -0.2) is 14.8 Å². The molecule has 0 bridgehead atoms. The van der Waals surface area contributed by atoms with Gasteiger partial charge in [-0.1, -0.05) is 40.6 Å². The van der Waals surface area contributed by atoms with Crippen molar-refractivity contribution in [1.29, 1.82) is 0 Å². The number of carbonyl (C=O) groups is 3. The van der Waals surface area contributed by atoms with Gasteiger partial charge in [-0.15, -0.1) is 0 Å². The zero-order valence-electron chi connectivity index (χ0n) is 62.3. The zero-order chi connectivity index (χ0) is 87.8. The minimum absolute atomic E-state index is 0.00926. The second kappa shape index (κ2) is 36.1. The standard InChI is InChI=1S/C21H15F3N6O2.C13H10F3N3O2.C13H12F3N3.C10H9F3O.C10H7F3O.C8H5N3O3.C3H3N3O2/c22-21(23,24)13-2-3-15-12(7-13)1-4-18(15)30-11-14(9-27-30)28-20(31)16-8-19(32-29-16)17-10-25-5-6-26-17;14-13(15,16)9-2-3-11-8(5-9)1-4-12(11)18-7-10(6-17-18)19(20)21;14-13(15,16)9-2-3-11-8(5-9)1-4-12(11)19-7-10(17)6-18-19;2*11-10(12,13)7-2-3-8-6(5-7)1-4-9(8)14;12-8(13)5-3-7(14-11-5)6-4-9-1-2-10-6;7-6(8)3-1-4-5-2-3/h2-3,5-11,18H,1,4H2,(H,28,31);2-3,5-7,12H,1,4H2;2-3,5-7,12H,1,4,17H2;2-3,5,9,14H,1,4H2;2-3,5H,1,4H2;1-4H,(H,12,13);1-2H,(H,4,5). The molecule has 29 nitrogen and oxygen atoms in total. The number of rotatable bonds is 10. The molecule has 634 valence electrons. The molecule has 0 fully saturated rings. The number of aromatic carboxylic acids is 1. The number of aliphatic hydroxyl groups is 1. The van der Waals surface area contributed by atoms with Crippen LogP contribution in [0.25, 0.3) is 22.9 Å². The molecule has 1 amide bonds. The average molecular weight is 1710 g/mol. The van der Waals surface area contributed by atoms with Crippen LogP contribution in [-0.2, 0) is 63.0 Å². The summed E-state index contributed by atoms with van der Waals surface area (Å²) in [7, 11) is 0. The Kier molecular flexibility index (Phi) is 25.7. The van der Waals surface area contributed by atoms with E-state index in [0.29, 0.717) is 120 Å². The van der Waals surface area contributed by atoms with E-state index in [1.165, 1.54) is 109 Å². The largest absolute Gasteiger partial charge is 0.476 e. The maximum absolute atomic E-state index is 13.0. The number of aromatic nitrogens is 14. The minimum Gasteiger partial charge on any atom is -0.476 e. The number of alkyl halides is 15. The van der Waals surface area contributed by atoms with E-state index in [-0.39, 0.29) is 52.4 Å². The van der Waals surface area contributed by atoms with E-state index in [9.17, 15) is 106 Å². The molecule has 5 aromatic carbocycles. The number of hydrogen-bond donors (Lipinski definition) is 5. The first-order chi connectivity index (χ1) is 57.7. The number of nitrogens with one attached hydrogen (secondary N) is 2. The van der Waals surface area contributed by atoms with Gasteiger partial charge in [0.2, 0.25) is 0 Å². The number of benzene rings is 5. The van der Waals surface area contributed by atoms with E-state index in [1.807, 2.05) is 0 Å². The zero-order valence-corrected chi connectivity index (χ0v) is 62.3. The number of aromatic amines is 1. The van der Waals surface area contributed by atoms with Crippen molar-refractivity contribution in [3.8, 4) is 22.9 Å². The van der Waals surface area contributed by atoms with Gasteiger partial charge >= 0.3 is 48.2 Å². The number of aryl methyl sites for hydroxylation is 5. The minimum atomic E-state index is -4.37. The van der Waals surface area contributed by atoms with Gasteiger partial charge in [-0.2, -0.15) is 86.3 Å². The number of fused-ring (bicyclic) bond motifs is 5. The quantitative estimate of drug-likeness (QED) is 0.0482. The van der Waals surface area contributed by atoms with Crippen molar-refractivity contribution >= 4 is 40.4 Å². The first-order valence-corrected chi connectivity index (χ1v) is 36.1. The van der Waals surface area contributed by atoms with Gasteiger partial charge in [-0.05, 0) is 169 Å². The SMILES string of the molecule is Nc1cnn(C2CCc3cc(C(F)(F)F)ccc32)c1.O=C(Nc1cnn(C2CCc3cc(C(F)(F)F)ccc32)c1)c1cc(-c2cnccn2)on1.O=C(O)c1cc(-c2cnccn2)on1.O=C1CCc2cc(C(F)(F)F)ccc21.O=[N+]([O-])c1cn[nH]c1.O=[N+]([O-])c1cnn(C2CCc3cc(C(F)(F)F)ccc32)c1.OC1CCc2cc(C(F)(F)F)ccc21. The maximum Gasteiger partial charge on any atom is 0.416 e. The number of nitrogens with zero attached hydrogens (tertiary/aromatic N) is 15. The van der Waals surface area contributed by atoms with Crippen LogP contribution in [-0.4, -0.2) is 108 Å². The van der Waals surface area contributed by atoms with E-state index >= 15 is 0 Å². The van der Waals surface area contributed by atoms with Crippen LogP contribution in [0.2, 0.25) is 0 Å². The number of carboxylic acids is 1. The van der Waals surface area contributed by atoms with Crippen LogP contribution in [0.4, 0.5) is 88.6 Å². The van der Waals surface area contributed by atoms with Crippen molar-refractivity contribution in [2.24, 2.45) is 0 Å². The van der Waals surface area contributed by atoms with Crippen molar-refractivity contribution in [2.75, 3.05) is 11.1 Å². The highest BCUT2D eigenvalue weighted by molar-refractivity contribution is 6.03. The summed E-state index contributed by atoms with van der Waals surface area (Å²) < 4.78 is 203. The third kappa shape index (κ3) is 21.2. The van der Waals surface area contributed by atoms with E-state index in [4.69, 9.17) is 19.9 Å². The van der Waals surface area contributed by atoms with Crippen LogP contribution in [0, 0.1) is 20.2 Å². The number of ketones is 1. The van der Waals surface area contributed by atoms with Crippen molar-refractivity contribution in [1.82, 2.24) is 69.8 Å². The highest BCUT2D eigenvalue weighted by Crippen LogP contribution is 2.44. The molecule has 0 radical (unpaired) electrons. The number of carboxylic acid groups (broad SMARTS) is 1. The number of nitrogen functional groups attached to an aromatic ring is 1. The second-order valence-corrected chi connectivity index (χ2v) is 27.4. The lowest BCUT2D eigenvalue weighted by atomic mass is 10.0. The molecule has 5 aliphatic carbocycles. The van der Waals surface area contributed by atoms with Crippen LogP contribution >= 0.6 is 0 Å². The number of amides is 1. The molecule has 18 rings (SSSR count). The fraction of sp³-hybridized carbons (Fsp3) is 0.244. The molecule has 8 aromatic heterocycles. The van der Waals surface area contributed by atoms with Gasteiger partial charge in [0.25, 0.3) is 5.91 Å². The van der Waals surface area contributed by atoms with E-state index < -0.39 is 86.5 Å². The lowest BCUT2D eigenvalue weighted by Crippen LogP contribution is -2.12. The Morgan fingerprint density at radius 3 is 1.31 bits per heavy atom. The fourth-order valence-electron chi connectivity index (χ4n) is 13.6. The Morgan fingerprint density at radius 2 is 0.902 bits per heavy atom. The average Bonchev–Trinajstić information content (AvgIpc) is 1.68. The Morgan fingerprint density at radius 1 is 0.484 bits per heavy atom. The van der Waals surface area contributed by atoms with Crippen molar-refractivity contribution < 1.29 is 109 Å². The summed E-state index contributed by atoms with van der Waals surface area (Å²) in [6, 6.07) is 20.4. The third-order valence-corrected chi connectivity index (χ3v) is 19.5. The Balaban J connectivity index is 0.000000135. The lowest BCUT2D eigenvalue weighted by Gasteiger charge is -2.13. The number of carbonyl (C=O) groups excluding carboxylic acids is 2. The summed E-state index contributed by atoms with van der Waals surface area (Å²) in [6.07, 6.45) is 3.33. The van der Waals surface area contributed by atoms with Gasteiger partial charge in [0, 0.05) is 61.3 Å². The summed E-state index contributed by atoms with van der Waals surface area (Å²) in [6.45, 7) is 0. The smallest absolute Gasteiger partial charge is 0.416 e. The second-order valence-electron chi connectivity index (χ2n) is 27.4. The Hall–Kier alpha value is -14.4. The molecular formula is C78H61F15N18O11. The molecule has 13 aromatic rings. The molecule has 8 heterocycles. The highest BCUT2D eigenvalue weighted by Gasteiger charge is 2.39. The summed E-state index contributed by atoms with van der Waals surface area (Å²) in [5, 5.41) is 66.3. The molecule has 0 aliphatic heterocycles. The summed E-state index contributed by atoms with van der Waals surface area (Å²) >= 11 is 0. The van der Waals surface area contributed by atoms with Crippen LogP contribution in [0.3, 0.4) is 0 Å². The molecule has 44 heteroatoms. The van der Waals surface area contributed by atoms with Gasteiger partial charge in [0.05, 0.1) is 104 Å². The number of aliphatic hydroxyl groups excluding tert-OH is 1. The molecule has 5 aliphatic rings. The highest BCUT2D eigenvalue weighted by atomic mass is 19.4. The van der Waals surface area contributed by atoms with Crippen LogP contribution < -0.4 is 11.1 Å². The fourth-order valence-corrected chi connectivity index (χ4v) is 13.6. The number of anilines is 2. The molecule has 122 heavy (non-hydrogen) atoms. The molecule has 0 spiro atoms. The van der Waals surface area contributed by atoms with Gasteiger partial charge in [-0.3, -0.25) is 58.9 Å². The number of H-pyrrole nitrogens is 1. The number of halogens is 15. The van der Waals surface area contributed by atoms with Crippen molar-refractivity contribution in [2.45, 2.75) is 119 Å². The van der Waals surface area contributed by atoms with Gasteiger partial charge < -0.3 is 30.3 Å². The Bertz CT molecular complexity index is 5910. The predicted octanol–water partition coefficient (Wildman–Crippen LogP) is 17.2. The first kappa shape index (κ1) is 87.0.